The Morgan fingerprint density at radius 2 is 1.73 bits per heavy atom. The number of hydrogen-bond acceptors (Lipinski definition) is 4. The summed E-state index contributed by atoms with van der Waals surface area (Å²) in [4.78, 5) is 30.5. The lowest BCUT2D eigenvalue weighted by Gasteiger charge is -2.35. The molecule has 2 atom stereocenters. The van der Waals surface area contributed by atoms with Crippen molar-refractivity contribution in [3.63, 3.8) is 0 Å². The largest absolute Gasteiger partial charge is 0.430 e. The minimum absolute atomic E-state index is 0.0607. The average Bonchev–Trinajstić information content (AvgIpc) is 3.61. The molecule has 1 spiro atoms. The van der Waals surface area contributed by atoms with Crippen molar-refractivity contribution >= 4 is 29.1 Å². The van der Waals surface area contributed by atoms with E-state index in [0.717, 1.165) is 55.1 Å². The summed E-state index contributed by atoms with van der Waals surface area (Å²) < 4.78 is 41.7. The van der Waals surface area contributed by atoms with Crippen molar-refractivity contribution in [1.82, 2.24) is 9.80 Å². The number of benzene rings is 2. The first-order chi connectivity index (χ1) is 18.7. The summed E-state index contributed by atoms with van der Waals surface area (Å²) in [5.41, 5.74) is -2.51. The molecule has 1 heterocycles. The molecule has 2 aromatic rings. The fraction of sp³-hybridized carbons (Fsp3) is 0.533. The summed E-state index contributed by atoms with van der Waals surface area (Å²) in [6.07, 6.45) is -1.73. The predicted molar refractivity (Wildman–Crippen MR) is 149 cm³/mol. The van der Waals surface area contributed by atoms with Crippen LogP contribution in [0.5, 0.6) is 0 Å². The summed E-state index contributed by atoms with van der Waals surface area (Å²) in [6, 6.07) is 12.1. The van der Waals surface area contributed by atoms with Gasteiger partial charge in [0.15, 0.2) is 0 Å². The molecule has 6 nitrogen and oxygen atoms in total. The van der Waals surface area contributed by atoms with E-state index < -0.39 is 23.2 Å². The number of alkyl halides is 3. The maximum Gasteiger partial charge on any atom is 0.430 e. The van der Waals surface area contributed by atoms with E-state index in [0.29, 0.717) is 22.9 Å². The fourth-order valence-electron chi connectivity index (χ4n) is 5.78. The number of carbonyl (C=O) groups excluding carboxylic acids is 2. The monoisotopic (exact) mass is 579 g/mol. The van der Waals surface area contributed by atoms with E-state index >= 15 is 0 Å². The number of amides is 2. The molecule has 1 saturated carbocycles. The highest BCUT2D eigenvalue weighted by atomic mass is 35.5. The predicted octanol–water partition coefficient (Wildman–Crippen LogP) is 5.73. The minimum atomic E-state index is -5.15. The Hall–Kier alpha value is -2.78. The second-order valence-corrected chi connectivity index (χ2v) is 11.9. The van der Waals surface area contributed by atoms with Gasteiger partial charge in [-0.15, -0.1) is 0 Å². The summed E-state index contributed by atoms with van der Waals surface area (Å²) in [6.45, 7) is 5.64. The molecule has 2 aromatic carbocycles. The van der Waals surface area contributed by atoms with Gasteiger partial charge in [-0.25, -0.2) is 0 Å². The Morgan fingerprint density at radius 3 is 2.27 bits per heavy atom. The van der Waals surface area contributed by atoms with Gasteiger partial charge in [-0.2, -0.15) is 13.2 Å². The molecule has 1 aliphatic heterocycles. The van der Waals surface area contributed by atoms with Gasteiger partial charge in [0.05, 0.1) is 10.6 Å². The van der Waals surface area contributed by atoms with Crippen molar-refractivity contribution in [3.8, 4) is 0 Å². The average molecular weight is 580 g/mol. The first kappa shape index (κ1) is 30.2. The van der Waals surface area contributed by atoms with Crippen molar-refractivity contribution < 1.29 is 27.9 Å². The van der Waals surface area contributed by atoms with Gasteiger partial charge in [0.2, 0.25) is 0 Å². The molecule has 1 N–H and O–H groups in total. The number of carbonyl (C=O) groups is 2. The minimum Gasteiger partial charge on any atom is -0.371 e. The molecular formula is C30H37ClF3N3O3. The topological polar surface area (TPSA) is 64.1 Å². The van der Waals surface area contributed by atoms with Crippen LogP contribution in [0.1, 0.15) is 55.5 Å². The van der Waals surface area contributed by atoms with Gasteiger partial charge in [0, 0.05) is 51.0 Å². The third kappa shape index (κ3) is 5.68. The summed E-state index contributed by atoms with van der Waals surface area (Å²) in [5, 5.41) is 11.0. The number of hydrogen-bond donors (Lipinski definition) is 1. The highest BCUT2D eigenvalue weighted by Crippen LogP contribution is 2.61. The first-order valence-corrected chi connectivity index (χ1v) is 14.0. The van der Waals surface area contributed by atoms with Crippen LogP contribution in [-0.4, -0.2) is 72.7 Å². The smallest absolute Gasteiger partial charge is 0.371 e. The number of likely N-dealkylation sites (N-methyl/N-ethyl adjacent to an activating group) is 1. The quantitative estimate of drug-likeness (QED) is 0.434. The molecule has 1 unspecified atom stereocenters. The van der Waals surface area contributed by atoms with Crippen molar-refractivity contribution in [2.24, 2.45) is 11.3 Å². The van der Waals surface area contributed by atoms with Crippen LogP contribution in [0.4, 0.5) is 18.9 Å². The number of piperidine rings is 1. The summed E-state index contributed by atoms with van der Waals surface area (Å²) in [7, 11) is 3.07. The Balaban J connectivity index is 1.33. The van der Waals surface area contributed by atoms with Crippen LogP contribution in [0.25, 0.3) is 0 Å². The molecule has 218 valence electrons. The second kappa shape index (κ2) is 11.2. The van der Waals surface area contributed by atoms with E-state index in [4.69, 9.17) is 11.6 Å². The van der Waals surface area contributed by atoms with E-state index in [2.05, 4.69) is 4.90 Å². The zero-order valence-corrected chi connectivity index (χ0v) is 24.1. The summed E-state index contributed by atoms with van der Waals surface area (Å²) in [5.74, 6) is -1.17. The second-order valence-electron chi connectivity index (χ2n) is 11.5. The normalized spacial score (nSPS) is 19.9. The summed E-state index contributed by atoms with van der Waals surface area (Å²) >= 11 is 6.48. The van der Waals surface area contributed by atoms with E-state index in [1.54, 1.807) is 18.0 Å². The Kier molecular flexibility index (Phi) is 8.48. The van der Waals surface area contributed by atoms with E-state index in [1.807, 2.05) is 26.0 Å². The highest BCUT2D eigenvalue weighted by molar-refractivity contribution is 6.34. The molecular weight excluding hydrogens is 543 g/mol. The number of rotatable bonds is 8. The van der Waals surface area contributed by atoms with E-state index in [-0.39, 0.29) is 23.9 Å². The third-order valence-electron chi connectivity index (χ3n) is 8.83. The van der Waals surface area contributed by atoms with Crippen LogP contribution in [0.2, 0.25) is 5.02 Å². The Labute approximate surface area is 238 Å². The van der Waals surface area contributed by atoms with Gasteiger partial charge in [-0.05, 0) is 69.1 Å². The van der Waals surface area contributed by atoms with Gasteiger partial charge in [-0.3, -0.25) is 9.59 Å². The lowest BCUT2D eigenvalue weighted by atomic mass is 9.89. The molecule has 2 fully saturated rings. The van der Waals surface area contributed by atoms with Crippen LogP contribution in [0.3, 0.4) is 0 Å². The molecule has 1 saturated heterocycles. The molecule has 0 bridgehead atoms. The number of halogens is 4. The van der Waals surface area contributed by atoms with Crippen LogP contribution < -0.4 is 4.90 Å². The molecule has 2 aliphatic rings. The van der Waals surface area contributed by atoms with Gasteiger partial charge < -0.3 is 19.8 Å². The van der Waals surface area contributed by atoms with Crippen molar-refractivity contribution in [1.29, 1.82) is 0 Å². The zero-order valence-electron chi connectivity index (χ0n) is 23.3. The van der Waals surface area contributed by atoms with Gasteiger partial charge in [-0.1, -0.05) is 41.9 Å². The lowest BCUT2D eigenvalue weighted by molar-refractivity contribution is -0.261. The SMILES string of the molecule is CC(C)N(C)C(=O)c1ccc(N2CCC3(CC2)C[C@H]3CCN(C)C(=O)C(O)(c2ccccc2)C(F)(F)F)cc1Cl. The number of nitrogens with zero attached hydrogens (tertiary/aromatic N) is 3. The van der Waals surface area contributed by atoms with Crippen molar-refractivity contribution in [2.75, 3.05) is 38.6 Å². The van der Waals surface area contributed by atoms with Crippen LogP contribution in [0.15, 0.2) is 48.5 Å². The molecule has 40 heavy (non-hydrogen) atoms. The van der Waals surface area contributed by atoms with E-state index in [1.165, 1.54) is 25.2 Å². The molecule has 0 aromatic heterocycles. The zero-order chi connectivity index (χ0) is 29.5. The van der Waals surface area contributed by atoms with Gasteiger partial charge >= 0.3 is 6.18 Å². The maximum atomic E-state index is 13.9. The van der Waals surface area contributed by atoms with Crippen LogP contribution in [0, 0.1) is 11.3 Å². The highest BCUT2D eigenvalue weighted by Gasteiger charge is 2.62. The van der Waals surface area contributed by atoms with Crippen molar-refractivity contribution in [3.05, 3.63) is 64.7 Å². The maximum absolute atomic E-state index is 13.9. The Bertz CT molecular complexity index is 1230. The van der Waals surface area contributed by atoms with Crippen LogP contribution >= 0.6 is 11.6 Å². The van der Waals surface area contributed by atoms with E-state index in [9.17, 15) is 27.9 Å². The van der Waals surface area contributed by atoms with Crippen LogP contribution in [-0.2, 0) is 10.4 Å². The molecule has 10 heteroatoms. The molecule has 4 rings (SSSR count). The number of anilines is 1. The molecule has 0 radical (unpaired) electrons. The molecule has 1 aliphatic carbocycles. The van der Waals surface area contributed by atoms with Gasteiger partial charge in [0.25, 0.3) is 17.4 Å². The fourth-order valence-corrected chi connectivity index (χ4v) is 6.03. The first-order valence-electron chi connectivity index (χ1n) is 13.6. The molecule has 2 amide bonds. The lowest BCUT2D eigenvalue weighted by Crippen LogP contribution is -2.55. The number of aliphatic hydroxyl groups is 1. The third-order valence-corrected chi connectivity index (χ3v) is 9.14. The standard InChI is InChI=1S/C30H37ClF3N3O3/c1-20(2)36(4)26(38)24-11-10-23(18-25(24)31)37-16-13-28(14-17-37)19-22(28)12-15-35(3)27(39)29(40,30(32,33)34)21-8-6-5-7-9-21/h5-11,18,20,22,40H,12-17,19H2,1-4H3/t22-,29?/m1/s1. The Morgan fingerprint density at radius 1 is 1.10 bits per heavy atom. The van der Waals surface area contributed by atoms with Gasteiger partial charge in [0.1, 0.15) is 0 Å². The van der Waals surface area contributed by atoms with Crippen molar-refractivity contribution in [2.45, 2.75) is 57.3 Å².